The fourth-order valence-corrected chi connectivity index (χ4v) is 1.30. The SMILES string of the molecule is C=C/C=C\C(C=Cc1ccc(C)cc1)=C/C. The van der Waals surface area contributed by atoms with E-state index in [9.17, 15) is 0 Å². The van der Waals surface area contributed by atoms with E-state index in [0.29, 0.717) is 0 Å². The number of hydrogen-bond acceptors (Lipinski definition) is 0. The molecule has 1 aromatic carbocycles. The smallest absolute Gasteiger partial charge is 0.0256 e. The Morgan fingerprint density at radius 2 is 1.81 bits per heavy atom. The van der Waals surface area contributed by atoms with Crippen LogP contribution in [-0.2, 0) is 0 Å². The van der Waals surface area contributed by atoms with Gasteiger partial charge in [0.25, 0.3) is 0 Å². The minimum Gasteiger partial charge on any atom is -0.0991 e. The van der Waals surface area contributed by atoms with Crippen LogP contribution in [-0.4, -0.2) is 0 Å². The Labute approximate surface area is 98.3 Å². The maximum atomic E-state index is 3.66. The summed E-state index contributed by atoms with van der Waals surface area (Å²) in [4.78, 5) is 0. The third-order valence-electron chi connectivity index (χ3n) is 2.30. The van der Waals surface area contributed by atoms with Crippen molar-refractivity contribution in [1.29, 1.82) is 0 Å². The van der Waals surface area contributed by atoms with E-state index >= 15 is 0 Å². The number of rotatable bonds is 4. The molecule has 0 unspecified atom stereocenters. The van der Waals surface area contributed by atoms with Crippen LogP contribution in [0, 0.1) is 6.92 Å². The maximum absolute atomic E-state index is 3.66. The molecule has 1 aromatic rings. The van der Waals surface area contributed by atoms with Crippen molar-refractivity contribution >= 4 is 6.08 Å². The summed E-state index contributed by atoms with van der Waals surface area (Å²) in [5, 5.41) is 0. The lowest BCUT2D eigenvalue weighted by molar-refractivity contribution is 1.46. The van der Waals surface area contributed by atoms with Crippen LogP contribution in [0.15, 0.2) is 66.8 Å². The van der Waals surface area contributed by atoms with E-state index in [0.717, 1.165) is 0 Å². The molecule has 0 aliphatic heterocycles. The molecular weight excluding hydrogens is 192 g/mol. The molecule has 0 N–H and O–H groups in total. The topological polar surface area (TPSA) is 0 Å². The van der Waals surface area contributed by atoms with Crippen LogP contribution >= 0.6 is 0 Å². The second-order valence-electron chi connectivity index (χ2n) is 3.63. The summed E-state index contributed by atoms with van der Waals surface area (Å²) < 4.78 is 0. The average Bonchev–Trinajstić information content (AvgIpc) is 2.32. The molecule has 0 heterocycles. The van der Waals surface area contributed by atoms with E-state index in [2.05, 4.69) is 56.0 Å². The van der Waals surface area contributed by atoms with Gasteiger partial charge in [0.2, 0.25) is 0 Å². The lowest BCUT2D eigenvalue weighted by Crippen LogP contribution is -1.74. The Hall–Kier alpha value is -1.82. The van der Waals surface area contributed by atoms with Crippen molar-refractivity contribution in [2.24, 2.45) is 0 Å². The third-order valence-corrected chi connectivity index (χ3v) is 2.30. The summed E-state index contributed by atoms with van der Waals surface area (Å²) in [6.45, 7) is 7.78. The predicted molar refractivity (Wildman–Crippen MR) is 73.3 cm³/mol. The molecule has 0 aliphatic rings. The Morgan fingerprint density at radius 3 is 2.38 bits per heavy atom. The number of benzene rings is 1. The fourth-order valence-electron chi connectivity index (χ4n) is 1.30. The van der Waals surface area contributed by atoms with Gasteiger partial charge in [-0.2, -0.15) is 0 Å². The summed E-state index contributed by atoms with van der Waals surface area (Å²) in [5.74, 6) is 0. The van der Waals surface area contributed by atoms with Crippen molar-refractivity contribution in [2.45, 2.75) is 13.8 Å². The van der Waals surface area contributed by atoms with Gasteiger partial charge < -0.3 is 0 Å². The number of hydrogen-bond donors (Lipinski definition) is 0. The van der Waals surface area contributed by atoms with E-state index in [-0.39, 0.29) is 0 Å². The molecule has 0 aromatic heterocycles. The number of allylic oxidation sites excluding steroid dienone is 6. The molecule has 0 saturated heterocycles. The summed E-state index contributed by atoms with van der Waals surface area (Å²) >= 11 is 0. The Morgan fingerprint density at radius 1 is 1.12 bits per heavy atom. The molecule has 0 radical (unpaired) electrons. The number of aryl methyl sites for hydroxylation is 1. The molecular formula is C16H18. The standard InChI is InChI=1S/C16H18/c1-4-6-7-15(5-2)12-13-16-10-8-14(3)9-11-16/h4-13H,1H2,2-3H3/b7-6-,13-12?,15-5+. The molecule has 0 amide bonds. The molecule has 0 spiro atoms. The monoisotopic (exact) mass is 210 g/mol. The van der Waals surface area contributed by atoms with E-state index in [1.165, 1.54) is 16.7 Å². The second-order valence-corrected chi connectivity index (χ2v) is 3.63. The van der Waals surface area contributed by atoms with E-state index < -0.39 is 0 Å². The first-order valence-electron chi connectivity index (χ1n) is 5.46. The molecule has 0 bridgehead atoms. The van der Waals surface area contributed by atoms with Crippen LogP contribution < -0.4 is 0 Å². The minimum absolute atomic E-state index is 1.18. The highest BCUT2D eigenvalue weighted by Crippen LogP contribution is 2.08. The fraction of sp³-hybridized carbons (Fsp3) is 0.125. The van der Waals surface area contributed by atoms with E-state index in [1.807, 2.05) is 19.1 Å². The van der Waals surface area contributed by atoms with Gasteiger partial charge in [0.05, 0.1) is 0 Å². The summed E-state index contributed by atoms with van der Waals surface area (Å²) in [5.41, 5.74) is 3.69. The lowest BCUT2D eigenvalue weighted by atomic mass is 10.1. The zero-order chi connectivity index (χ0) is 11.8. The van der Waals surface area contributed by atoms with Crippen molar-refractivity contribution in [3.8, 4) is 0 Å². The largest absolute Gasteiger partial charge is 0.0991 e. The van der Waals surface area contributed by atoms with Crippen LogP contribution in [0.2, 0.25) is 0 Å². The van der Waals surface area contributed by atoms with Gasteiger partial charge in [0.1, 0.15) is 0 Å². The zero-order valence-electron chi connectivity index (χ0n) is 9.98. The van der Waals surface area contributed by atoms with Crippen LogP contribution in [0.25, 0.3) is 6.08 Å². The average molecular weight is 210 g/mol. The van der Waals surface area contributed by atoms with Gasteiger partial charge in [-0.25, -0.2) is 0 Å². The second kappa shape index (κ2) is 6.62. The molecule has 0 heteroatoms. The van der Waals surface area contributed by atoms with Crippen LogP contribution in [0.3, 0.4) is 0 Å². The van der Waals surface area contributed by atoms with Gasteiger partial charge in [0, 0.05) is 0 Å². The minimum atomic E-state index is 1.18. The highest BCUT2D eigenvalue weighted by molar-refractivity contribution is 5.55. The van der Waals surface area contributed by atoms with Crippen molar-refractivity contribution in [3.63, 3.8) is 0 Å². The molecule has 0 aliphatic carbocycles. The Bertz CT molecular complexity index is 414. The zero-order valence-corrected chi connectivity index (χ0v) is 9.98. The molecule has 0 saturated carbocycles. The Kier molecular flexibility index (Phi) is 5.07. The third kappa shape index (κ3) is 4.14. The van der Waals surface area contributed by atoms with Gasteiger partial charge >= 0.3 is 0 Å². The quantitative estimate of drug-likeness (QED) is 0.632. The summed E-state index contributed by atoms with van der Waals surface area (Å²) in [7, 11) is 0. The molecule has 0 fully saturated rings. The van der Waals surface area contributed by atoms with Gasteiger partial charge in [-0.1, -0.05) is 72.9 Å². The maximum Gasteiger partial charge on any atom is -0.0256 e. The van der Waals surface area contributed by atoms with Gasteiger partial charge in [-0.3, -0.25) is 0 Å². The van der Waals surface area contributed by atoms with Crippen LogP contribution in [0.1, 0.15) is 18.1 Å². The van der Waals surface area contributed by atoms with Crippen LogP contribution in [0.4, 0.5) is 0 Å². The normalized spacial score (nSPS) is 12.5. The molecule has 1 rings (SSSR count). The van der Waals surface area contributed by atoms with Gasteiger partial charge in [0.15, 0.2) is 0 Å². The first-order chi connectivity index (χ1) is 7.76. The first-order valence-corrected chi connectivity index (χ1v) is 5.46. The van der Waals surface area contributed by atoms with Crippen molar-refractivity contribution in [2.75, 3.05) is 0 Å². The molecule has 0 nitrogen and oxygen atoms in total. The van der Waals surface area contributed by atoms with E-state index in [1.54, 1.807) is 6.08 Å². The highest BCUT2D eigenvalue weighted by Gasteiger charge is 1.87. The van der Waals surface area contributed by atoms with Gasteiger partial charge in [-0.05, 0) is 25.0 Å². The lowest BCUT2D eigenvalue weighted by Gasteiger charge is -1.95. The summed E-state index contributed by atoms with van der Waals surface area (Å²) in [6.07, 6.45) is 12.0. The first kappa shape index (κ1) is 12.3. The molecule has 0 atom stereocenters. The van der Waals surface area contributed by atoms with Gasteiger partial charge in [-0.15, -0.1) is 0 Å². The predicted octanol–water partition coefficient (Wildman–Crippen LogP) is 4.70. The van der Waals surface area contributed by atoms with Crippen molar-refractivity contribution in [1.82, 2.24) is 0 Å². The van der Waals surface area contributed by atoms with Crippen molar-refractivity contribution in [3.05, 3.63) is 77.9 Å². The molecule has 82 valence electrons. The molecule has 16 heavy (non-hydrogen) atoms. The van der Waals surface area contributed by atoms with Crippen molar-refractivity contribution < 1.29 is 0 Å². The summed E-state index contributed by atoms with van der Waals surface area (Å²) in [6, 6.07) is 8.48. The van der Waals surface area contributed by atoms with Crippen LogP contribution in [0.5, 0.6) is 0 Å². The Balaban J connectivity index is 2.75. The highest BCUT2D eigenvalue weighted by atomic mass is 13.9. The van der Waals surface area contributed by atoms with E-state index in [4.69, 9.17) is 0 Å².